The first-order valence-electron chi connectivity index (χ1n) is 6.30. The number of aromatic amines is 1. The molecule has 0 radical (unpaired) electrons. The molecule has 4 heterocycles. The highest BCUT2D eigenvalue weighted by molar-refractivity contribution is 5.90. The summed E-state index contributed by atoms with van der Waals surface area (Å²) in [7, 11) is 0. The Balaban J connectivity index is 1.87. The van der Waals surface area contributed by atoms with Crippen LogP contribution in [0.1, 0.15) is 6.92 Å². The normalized spacial score (nSPS) is 18.3. The Kier molecular flexibility index (Phi) is 2.11. The maximum Gasteiger partial charge on any atom is 0.212 e. The molecule has 0 fully saturated rings. The fourth-order valence-electron chi connectivity index (χ4n) is 2.43. The van der Waals surface area contributed by atoms with Gasteiger partial charge in [-0.1, -0.05) is 6.92 Å². The molecule has 0 saturated carbocycles. The summed E-state index contributed by atoms with van der Waals surface area (Å²) in [5, 5.41) is 12.5. The number of nitrogens with zero attached hydrogens (tertiary/aromatic N) is 4. The molecule has 0 aromatic carbocycles. The minimum absolute atomic E-state index is 0.492. The van der Waals surface area contributed by atoms with Crippen LogP contribution in [0.3, 0.4) is 0 Å². The third kappa shape index (κ3) is 1.60. The highest BCUT2D eigenvalue weighted by Crippen LogP contribution is 2.30. The predicted octanol–water partition coefficient (Wildman–Crippen LogP) is 1.85. The number of hydrogen-bond donors (Lipinski definition) is 1. The standard InChI is InChI=1S/C13H13N5O/c1-8-6-18-12(19-7-8)4-11(17-18)9-2-3-14-13-10(9)5-15-16-13/h2-5,8H,6-7H2,1H3,(H,14,15,16). The molecule has 6 heteroatoms. The molecule has 3 aromatic rings. The largest absolute Gasteiger partial charge is 0.477 e. The summed E-state index contributed by atoms with van der Waals surface area (Å²) < 4.78 is 7.62. The maximum absolute atomic E-state index is 5.69. The molecule has 19 heavy (non-hydrogen) atoms. The second kappa shape index (κ2) is 3.81. The monoisotopic (exact) mass is 255 g/mol. The molecule has 0 spiro atoms. The van der Waals surface area contributed by atoms with E-state index in [4.69, 9.17) is 4.74 Å². The van der Waals surface area contributed by atoms with Crippen LogP contribution in [-0.2, 0) is 6.54 Å². The lowest BCUT2D eigenvalue weighted by atomic mass is 10.1. The van der Waals surface area contributed by atoms with Crippen LogP contribution in [0, 0.1) is 5.92 Å². The van der Waals surface area contributed by atoms with E-state index in [2.05, 4.69) is 27.2 Å². The van der Waals surface area contributed by atoms with Crippen LogP contribution < -0.4 is 4.74 Å². The second-order valence-corrected chi connectivity index (χ2v) is 4.96. The molecule has 0 bridgehead atoms. The fraction of sp³-hybridized carbons (Fsp3) is 0.308. The van der Waals surface area contributed by atoms with E-state index in [1.165, 1.54) is 0 Å². The SMILES string of the molecule is CC1COc2cc(-c3ccnc4[nH]ncc34)nn2C1. The number of nitrogens with one attached hydrogen (secondary N) is 1. The molecular weight excluding hydrogens is 242 g/mol. The van der Waals surface area contributed by atoms with Gasteiger partial charge >= 0.3 is 0 Å². The fourth-order valence-corrected chi connectivity index (χ4v) is 2.43. The summed E-state index contributed by atoms with van der Waals surface area (Å²) in [5.41, 5.74) is 2.70. The lowest BCUT2D eigenvalue weighted by molar-refractivity contribution is 0.175. The van der Waals surface area contributed by atoms with Gasteiger partial charge in [-0.25, -0.2) is 9.67 Å². The minimum atomic E-state index is 0.492. The molecule has 3 aromatic heterocycles. The first-order valence-corrected chi connectivity index (χ1v) is 6.30. The summed E-state index contributed by atoms with van der Waals surface area (Å²) in [6.07, 6.45) is 3.54. The van der Waals surface area contributed by atoms with Gasteiger partial charge in [0.15, 0.2) is 5.65 Å². The molecule has 4 rings (SSSR count). The van der Waals surface area contributed by atoms with Crippen LogP contribution in [0.2, 0.25) is 0 Å². The minimum Gasteiger partial charge on any atom is -0.477 e. The molecule has 1 aliphatic rings. The zero-order valence-electron chi connectivity index (χ0n) is 10.5. The van der Waals surface area contributed by atoms with Crippen molar-refractivity contribution in [3.05, 3.63) is 24.5 Å². The molecule has 1 unspecified atom stereocenters. The van der Waals surface area contributed by atoms with Crippen LogP contribution in [0.5, 0.6) is 5.88 Å². The van der Waals surface area contributed by atoms with Crippen molar-refractivity contribution < 1.29 is 4.74 Å². The molecule has 0 saturated heterocycles. The van der Waals surface area contributed by atoms with E-state index in [1.807, 2.05) is 16.8 Å². The van der Waals surface area contributed by atoms with E-state index < -0.39 is 0 Å². The summed E-state index contributed by atoms with van der Waals surface area (Å²) in [4.78, 5) is 4.24. The molecular formula is C13H13N5O. The second-order valence-electron chi connectivity index (χ2n) is 4.96. The van der Waals surface area contributed by atoms with Gasteiger partial charge in [0, 0.05) is 29.1 Å². The number of rotatable bonds is 1. The number of H-pyrrole nitrogens is 1. The molecule has 0 aliphatic carbocycles. The predicted molar refractivity (Wildman–Crippen MR) is 69.8 cm³/mol. The van der Waals surface area contributed by atoms with Crippen LogP contribution >= 0.6 is 0 Å². The van der Waals surface area contributed by atoms with Crippen molar-refractivity contribution in [3.8, 4) is 17.1 Å². The topological polar surface area (TPSA) is 68.6 Å². The zero-order chi connectivity index (χ0) is 12.8. The van der Waals surface area contributed by atoms with Crippen LogP contribution in [0.4, 0.5) is 0 Å². The molecule has 0 amide bonds. The van der Waals surface area contributed by atoms with Gasteiger partial charge in [0.05, 0.1) is 25.0 Å². The summed E-state index contributed by atoms with van der Waals surface area (Å²) in [5.74, 6) is 1.33. The maximum atomic E-state index is 5.69. The Bertz CT molecular complexity index is 744. The number of aromatic nitrogens is 5. The third-order valence-corrected chi connectivity index (χ3v) is 3.37. The van der Waals surface area contributed by atoms with Gasteiger partial charge in [0.1, 0.15) is 0 Å². The Morgan fingerprint density at radius 3 is 3.37 bits per heavy atom. The van der Waals surface area contributed by atoms with Gasteiger partial charge < -0.3 is 4.74 Å². The lowest BCUT2D eigenvalue weighted by Gasteiger charge is -2.20. The van der Waals surface area contributed by atoms with Crippen LogP contribution in [-0.4, -0.2) is 31.6 Å². The number of ether oxygens (including phenoxy) is 1. The zero-order valence-corrected chi connectivity index (χ0v) is 10.5. The third-order valence-electron chi connectivity index (χ3n) is 3.37. The van der Waals surface area contributed by atoms with E-state index in [-0.39, 0.29) is 0 Å². The molecule has 1 N–H and O–H groups in total. The summed E-state index contributed by atoms with van der Waals surface area (Å²) >= 11 is 0. The van der Waals surface area contributed by atoms with E-state index in [0.717, 1.165) is 41.3 Å². The quantitative estimate of drug-likeness (QED) is 0.720. The molecule has 96 valence electrons. The van der Waals surface area contributed by atoms with Crippen LogP contribution in [0.25, 0.3) is 22.3 Å². The number of hydrogen-bond acceptors (Lipinski definition) is 4. The van der Waals surface area contributed by atoms with Gasteiger partial charge in [0.25, 0.3) is 0 Å². The van der Waals surface area contributed by atoms with E-state index in [1.54, 1.807) is 12.4 Å². The van der Waals surface area contributed by atoms with E-state index in [9.17, 15) is 0 Å². The first-order chi connectivity index (χ1) is 9.31. The van der Waals surface area contributed by atoms with Crippen molar-refractivity contribution in [1.29, 1.82) is 0 Å². The molecule has 1 atom stereocenters. The number of pyridine rings is 1. The van der Waals surface area contributed by atoms with Crippen molar-refractivity contribution >= 4 is 11.0 Å². The average molecular weight is 255 g/mol. The van der Waals surface area contributed by atoms with Gasteiger partial charge in [-0.3, -0.25) is 5.10 Å². The Labute approximate surface area is 109 Å². The smallest absolute Gasteiger partial charge is 0.212 e. The first kappa shape index (κ1) is 10.5. The van der Waals surface area contributed by atoms with Gasteiger partial charge in [0.2, 0.25) is 5.88 Å². The van der Waals surface area contributed by atoms with Crippen molar-refractivity contribution in [2.75, 3.05) is 6.61 Å². The van der Waals surface area contributed by atoms with Crippen LogP contribution in [0.15, 0.2) is 24.5 Å². The summed E-state index contributed by atoms with van der Waals surface area (Å²) in [6.45, 7) is 3.81. The lowest BCUT2D eigenvalue weighted by Crippen LogP contribution is -2.23. The number of fused-ring (bicyclic) bond motifs is 2. The highest BCUT2D eigenvalue weighted by atomic mass is 16.5. The van der Waals surface area contributed by atoms with Crippen molar-refractivity contribution in [2.45, 2.75) is 13.5 Å². The van der Waals surface area contributed by atoms with Crippen molar-refractivity contribution in [3.63, 3.8) is 0 Å². The summed E-state index contributed by atoms with van der Waals surface area (Å²) in [6, 6.07) is 3.93. The Morgan fingerprint density at radius 2 is 2.42 bits per heavy atom. The molecule has 1 aliphatic heterocycles. The van der Waals surface area contributed by atoms with Gasteiger partial charge in [-0.05, 0) is 6.07 Å². The average Bonchev–Trinajstić information content (AvgIpc) is 3.03. The van der Waals surface area contributed by atoms with Crippen molar-refractivity contribution in [2.24, 2.45) is 5.92 Å². The Morgan fingerprint density at radius 1 is 1.47 bits per heavy atom. The van der Waals surface area contributed by atoms with Gasteiger partial charge in [-0.2, -0.15) is 10.2 Å². The van der Waals surface area contributed by atoms with Gasteiger partial charge in [-0.15, -0.1) is 0 Å². The van der Waals surface area contributed by atoms with E-state index in [0.29, 0.717) is 5.92 Å². The van der Waals surface area contributed by atoms with E-state index >= 15 is 0 Å². The highest BCUT2D eigenvalue weighted by Gasteiger charge is 2.19. The van der Waals surface area contributed by atoms with Crippen molar-refractivity contribution in [1.82, 2.24) is 25.0 Å². The Hall–Kier alpha value is -2.37. The molecule has 6 nitrogen and oxygen atoms in total.